The van der Waals surface area contributed by atoms with Gasteiger partial charge in [0, 0.05) is 5.70 Å². The highest BCUT2D eigenvalue weighted by Crippen LogP contribution is 2.33. The number of hydrogen-bond acceptors (Lipinski definition) is 3. The van der Waals surface area contributed by atoms with E-state index in [4.69, 9.17) is 4.74 Å². The predicted molar refractivity (Wildman–Crippen MR) is 97.4 cm³/mol. The number of benzene rings is 2. The van der Waals surface area contributed by atoms with Gasteiger partial charge in [-0.15, -0.1) is 0 Å². The molecule has 2 N–H and O–H groups in total. The normalized spacial score (nSPS) is 18.5. The third kappa shape index (κ3) is 3.09. The fourth-order valence-electron chi connectivity index (χ4n) is 2.77. The van der Waals surface area contributed by atoms with E-state index in [0.29, 0.717) is 0 Å². The van der Waals surface area contributed by atoms with E-state index >= 15 is 0 Å². The third-order valence-electron chi connectivity index (χ3n) is 4.14. The Hall–Kier alpha value is -2.49. The first-order valence-electron chi connectivity index (χ1n) is 8.17. The third-order valence-corrected chi connectivity index (χ3v) is 4.14. The maximum atomic E-state index is 12.0. The smallest absolute Gasteiger partial charge is 0.249 e. The number of hydrazine groups is 1. The number of ether oxygens (including phenoxy) is 1. The van der Waals surface area contributed by atoms with Crippen LogP contribution < -0.4 is 15.6 Å². The van der Waals surface area contributed by atoms with Gasteiger partial charge in [0.15, 0.2) is 0 Å². The first-order chi connectivity index (χ1) is 11.2. The highest BCUT2D eigenvalue weighted by atomic mass is 16.5. The van der Waals surface area contributed by atoms with Crippen molar-refractivity contribution in [3.8, 4) is 5.75 Å². The summed E-state index contributed by atoms with van der Waals surface area (Å²) in [5.74, 6) is 0.795. The van der Waals surface area contributed by atoms with Crippen molar-refractivity contribution in [1.82, 2.24) is 10.9 Å². The van der Waals surface area contributed by atoms with Crippen molar-refractivity contribution in [2.75, 3.05) is 0 Å². The van der Waals surface area contributed by atoms with Crippen LogP contribution in [0, 0.1) is 5.41 Å². The fraction of sp³-hybridized carbons (Fsp3) is 0.350. The summed E-state index contributed by atoms with van der Waals surface area (Å²) in [7, 11) is 0. The Balaban J connectivity index is 2.14. The molecule has 1 fully saturated rings. The molecular formula is C20H24N2O2. The second kappa shape index (κ2) is 5.55. The van der Waals surface area contributed by atoms with Crippen molar-refractivity contribution < 1.29 is 9.53 Å². The quantitative estimate of drug-likeness (QED) is 0.877. The molecule has 2 aromatic rings. The molecule has 2 aromatic carbocycles. The molecule has 1 saturated heterocycles. The monoisotopic (exact) mass is 324 g/mol. The number of carbonyl (C=O) groups excluding carboxylic acids is 1. The van der Waals surface area contributed by atoms with Crippen LogP contribution in [0.25, 0.3) is 16.8 Å². The van der Waals surface area contributed by atoms with Crippen molar-refractivity contribution in [2.24, 2.45) is 5.41 Å². The van der Waals surface area contributed by atoms with E-state index in [1.165, 1.54) is 0 Å². The second-order valence-electron chi connectivity index (χ2n) is 7.71. The molecular weight excluding hydrogens is 300 g/mol. The minimum absolute atomic E-state index is 0.0276. The fourth-order valence-corrected chi connectivity index (χ4v) is 2.77. The highest BCUT2D eigenvalue weighted by Gasteiger charge is 2.37. The molecule has 0 saturated carbocycles. The number of hydrogen-bond donors (Lipinski definition) is 2. The number of fused-ring (bicyclic) bond motifs is 1. The van der Waals surface area contributed by atoms with Crippen LogP contribution in [-0.2, 0) is 4.79 Å². The molecule has 4 nitrogen and oxygen atoms in total. The molecule has 4 heteroatoms. The number of amides is 1. The molecule has 1 aliphatic rings. The zero-order chi connectivity index (χ0) is 17.5. The lowest BCUT2D eigenvalue weighted by atomic mass is 9.88. The summed E-state index contributed by atoms with van der Waals surface area (Å²) in [5, 5.41) is 2.24. The van der Waals surface area contributed by atoms with Crippen molar-refractivity contribution in [2.45, 2.75) is 40.2 Å². The van der Waals surface area contributed by atoms with Gasteiger partial charge in [-0.1, -0.05) is 24.3 Å². The minimum Gasteiger partial charge on any atom is -0.488 e. The topological polar surface area (TPSA) is 50.4 Å². The van der Waals surface area contributed by atoms with E-state index in [-0.39, 0.29) is 11.5 Å². The summed E-state index contributed by atoms with van der Waals surface area (Å²) in [5.41, 5.74) is 6.72. The van der Waals surface area contributed by atoms with E-state index in [9.17, 15) is 4.79 Å². The summed E-state index contributed by atoms with van der Waals surface area (Å²) in [6.45, 7) is 9.91. The molecule has 126 valence electrons. The summed E-state index contributed by atoms with van der Waals surface area (Å²) < 4.78 is 6.06. The molecule has 0 spiro atoms. The summed E-state index contributed by atoms with van der Waals surface area (Å²) in [6.07, 6.45) is 2.02. The van der Waals surface area contributed by atoms with Crippen LogP contribution in [-0.4, -0.2) is 11.5 Å². The van der Waals surface area contributed by atoms with Gasteiger partial charge in [-0.3, -0.25) is 10.2 Å². The maximum absolute atomic E-state index is 12.0. The van der Waals surface area contributed by atoms with Gasteiger partial charge in [0.25, 0.3) is 0 Å². The standard InChI is InChI=1S/C20H24N2O2/c1-19(2,3)24-15-10-13-8-6-7-9-16(13)14(11-15)12-17-20(4,5)18(23)22-21-17/h6-12,21H,1-5H3,(H,22,23)/b17-12-. The molecule has 0 bridgehead atoms. The van der Waals surface area contributed by atoms with Crippen LogP contribution in [0.4, 0.5) is 0 Å². The molecule has 3 rings (SSSR count). The molecule has 1 aliphatic heterocycles. The van der Waals surface area contributed by atoms with Crippen LogP contribution in [0.1, 0.15) is 40.2 Å². The van der Waals surface area contributed by atoms with Gasteiger partial charge < -0.3 is 10.2 Å². The molecule has 0 aromatic heterocycles. The van der Waals surface area contributed by atoms with Gasteiger partial charge in [0.2, 0.25) is 5.91 Å². The number of nitrogens with one attached hydrogen (secondary N) is 2. The predicted octanol–water partition coefficient (Wildman–Crippen LogP) is 4.02. The molecule has 0 radical (unpaired) electrons. The first-order valence-corrected chi connectivity index (χ1v) is 8.17. The second-order valence-corrected chi connectivity index (χ2v) is 7.71. The van der Waals surface area contributed by atoms with Crippen molar-refractivity contribution in [3.63, 3.8) is 0 Å². The molecule has 0 aliphatic carbocycles. The van der Waals surface area contributed by atoms with Crippen molar-refractivity contribution in [1.29, 1.82) is 0 Å². The molecule has 1 amide bonds. The van der Waals surface area contributed by atoms with Crippen LogP contribution in [0.3, 0.4) is 0 Å². The summed E-state index contributed by atoms with van der Waals surface area (Å²) in [4.78, 5) is 12.0. The Morgan fingerprint density at radius 1 is 1.08 bits per heavy atom. The summed E-state index contributed by atoms with van der Waals surface area (Å²) in [6, 6.07) is 12.3. The van der Waals surface area contributed by atoms with Crippen LogP contribution in [0.2, 0.25) is 0 Å². The Morgan fingerprint density at radius 2 is 1.79 bits per heavy atom. The lowest BCUT2D eigenvalue weighted by Crippen LogP contribution is -2.28. The zero-order valence-corrected chi connectivity index (χ0v) is 14.9. The van der Waals surface area contributed by atoms with E-state index in [1.807, 2.05) is 58.9 Å². The van der Waals surface area contributed by atoms with Gasteiger partial charge in [-0.2, -0.15) is 0 Å². The molecule has 0 unspecified atom stereocenters. The molecule has 1 heterocycles. The van der Waals surface area contributed by atoms with Gasteiger partial charge in [0.05, 0.1) is 5.41 Å². The number of rotatable bonds is 2. The Labute approximate surface area is 142 Å². The average Bonchev–Trinajstić information content (AvgIpc) is 2.72. The lowest BCUT2D eigenvalue weighted by Gasteiger charge is -2.22. The molecule has 0 atom stereocenters. The minimum atomic E-state index is -0.581. The highest BCUT2D eigenvalue weighted by molar-refractivity contribution is 5.94. The van der Waals surface area contributed by atoms with Crippen LogP contribution >= 0.6 is 0 Å². The Kier molecular flexibility index (Phi) is 3.78. The Bertz CT molecular complexity index is 829. The molecule has 24 heavy (non-hydrogen) atoms. The van der Waals surface area contributed by atoms with Crippen LogP contribution in [0.15, 0.2) is 42.1 Å². The van der Waals surface area contributed by atoms with E-state index in [2.05, 4.69) is 29.1 Å². The van der Waals surface area contributed by atoms with E-state index in [0.717, 1.165) is 27.8 Å². The summed E-state index contributed by atoms with van der Waals surface area (Å²) >= 11 is 0. The van der Waals surface area contributed by atoms with Gasteiger partial charge in [-0.25, -0.2) is 0 Å². The van der Waals surface area contributed by atoms with E-state index in [1.54, 1.807) is 0 Å². The first kappa shape index (κ1) is 16.4. The van der Waals surface area contributed by atoms with Gasteiger partial charge in [0.1, 0.15) is 11.4 Å². The average molecular weight is 324 g/mol. The lowest BCUT2D eigenvalue weighted by molar-refractivity contribution is -0.125. The van der Waals surface area contributed by atoms with Crippen molar-refractivity contribution in [3.05, 3.63) is 47.7 Å². The van der Waals surface area contributed by atoms with Crippen molar-refractivity contribution >= 4 is 22.8 Å². The number of carbonyl (C=O) groups is 1. The zero-order valence-electron chi connectivity index (χ0n) is 14.9. The largest absolute Gasteiger partial charge is 0.488 e. The van der Waals surface area contributed by atoms with Gasteiger partial charge in [-0.05, 0) is 69.2 Å². The van der Waals surface area contributed by atoms with E-state index < -0.39 is 5.41 Å². The van der Waals surface area contributed by atoms with Gasteiger partial charge >= 0.3 is 0 Å². The van der Waals surface area contributed by atoms with Crippen LogP contribution in [0.5, 0.6) is 5.75 Å². The Morgan fingerprint density at radius 3 is 2.42 bits per heavy atom. The maximum Gasteiger partial charge on any atom is 0.249 e. The SMILES string of the molecule is CC(C)(C)Oc1cc(/C=C2\NNC(=O)C2(C)C)c2ccccc2c1.